The maximum atomic E-state index is 10.8. The Morgan fingerprint density at radius 2 is 2.45 bits per heavy atom. The number of aldehydes is 1. The molecule has 4 heteroatoms. The molecule has 62 valence electrons. The number of carbonyl (C=O) groups excluding carboxylic acids is 2. The van der Waals surface area contributed by atoms with E-state index in [9.17, 15) is 9.59 Å². The molecule has 1 unspecified atom stereocenters. The van der Waals surface area contributed by atoms with Gasteiger partial charge < -0.3 is 10.2 Å². The van der Waals surface area contributed by atoms with E-state index in [4.69, 9.17) is 0 Å². The molecule has 1 rings (SSSR count). The highest BCUT2D eigenvalue weighted by molar-refractivity contribution is 6.23. The lowest BCUT2D eigenvalue weighted by Gasteiger charge is -2.20. The second-order valence-electron chi connectivity index (χ2n) is 2.71. The lowest BCUT2D eigenvalue weighted by molar-refractivity contribution is -0.139. The molecule has 0 spiro atoms. The number of carbonyl (C=O) groups is 2. The molecule has 1 aliphatic heterocycles. The molecule has 1 saturated heterocycles. The van der Waals surface area contributed by atoms with E-state index in [0.29, 0.717) is 6.29 Å². The van der Waals surface area contributed by atoms with Gasteiger partial charge in [0.2, 0.25) is 6.29 Å². The van der Waals surface area contributed by atoms with Crippen molar-refractivity contribution in [3.63, 3.8) is 0 Å². The molecule has 1 fully saturated rings. The molecule has 4 nitrogen and oxygen atoms in total. The Morgan fingerprint density at radius 1 is 1.73 bits per heavy atom. The van der Waals surface area contributed by atoms with Gasteiger partial charge in [-0.15, -0.1) is 0 Å². The van der Waals surface area contributed by atoms with E-state index in [0.717, 1.165) is 19.5 Å². The van der Waals surface area contributed by atoms with E-state index in [1.54, 1.807) is 7.05 Å². The van der Waals surface area contributed by atoms with Crippen LogP contribution in [0.15, 0.2) is 0 Å². The first kappa shape index (κ1) is 8.20. The van der Waals surface area contributed by atoms with E-state index in [1.807, 2.05) is 0 Å². The number of nitrogens with one attached hydrogen (secondary N) is 1. The topological polar surface area (TPSA) is 49.4 Å². The first-order valence-corrected chi connectivity index (χ1v) is 3.68. The summed E-state index contributed by atoms with van der Waals surface area (Å²) in [5, 5.41) is 3.12. The minimum absolute atomic E-state index is 0.202. The van der Waals surface area contributed by atoms with Crippen LogP contribution in [0.2, 0.25) is 0 Å². The maximum absolute atomic E-state index is 10.8. The summed E-state index contributed by atoms with van der Waals surface area (Å²) in [5.41, 5.74) is 0. The molecule has 1 amide bonds. The summed E-state index contributed by atoms with van der Waals surface area (Å²) in [5.74, 6) is -0.432. The lowest BCUT2D eigenvalue weighted by Crippen LogP contribution is -2.38. The Balaban J connectivity index is 2.45. The quantitative estimate of drug-likeness (QED) is 0.412. The Hall–Kier alpha value is -0.900. The van der Waals surface area contributed by atoms with Crippen LogP contribution in [0.4, 0.5) is 0 Å². The summed E-state index contributed by atoms with van der Waals surface area (Å²) < 4.78 is 0. The summed E-state index contributed by atoms with van der Waals surface area (Å²) in [4.78, 5) is 22.4. The maximum Gasteiger partial charge on any atom is 0.286 e. The largest absolute Gasteiger partial charge is 0.335 e. The Morgan fingerprint density at radius 3 is 2.91 bits per heavy atom. The Bertz CT molecular complexity index is 164. The number of amides is 1. The van der Waals surface area contributed by atoms with Gasteiger partial charge in [0, 0.05) is 19.6 Å². The standard InChI is InChI=1S/C7H12N2O2/c1-9(7(11)5-10)6-2-3-8-4-6/h5-6,8H,2-4H2,1H3. The molecule has 1 N–H and O–H groups in total. The molecule has 0 bridgehead atoms. The zero-order chi connectivity index (χ0) is 8.27. The van der Waals surface area contributed by atoms with Crippen molar-refractivity contribution in [2.45, 2.75) is 12.5 Å². The van der Waals surface area contributed by atoms with Crippen LogP contribution in [0.3, 0.4) is 0 Å². The summed E-state index contributed by atoms with van der Waals surface area (Å²) in [6.07, 6.45) is 1.30. The van der Waals surface area contributed by atoms with E-state index >= 15 is 0 Å². The number of hydrogen-bond acceptors (Lipinski definition) is 3. The zero-order valence-electron chi connectivity index (χ0n) is 6.54. The fourth-order valence-electron chi connectivity index (χ4n) is 1.23. The first-order chi connectivity index (χ1) is 5.25. The van der Waals surface area contributed by atoms with E-state index in [1.165, 1.54) is 4.90 Å². The third-order valence-electron chi connectivity index (χ3n) is 2.03. The molecule has 0 aromatic rings. The van der Waals surface area contributed by atoms with Crippen molar-refractivity contribution < 1.29 is 9.59 Å². The number of hydrogen-bond donors (Lipinski definition) is 1. The summed E-state index contributed by atoms with van der Waals surface area (Å²) >= 11 is 0. The minimum Gasteiger partial charge on any atom is -0.335 e. The van der Waals surface area contributed by atoms with Crippen molar-refractivity contribution in [1.29, 1.82) is 0 Å². The van der Waals surface area contributed by atoms with Gasteiger partial charge in [-0.3, -0.25) is 9.59 Å². The zero-order valence-corrected chi connectivity index (χ0v) is 6.54. The van der Waals surface area contributed by atoms with Gasteiger partial charge in [-0.25, -0.2) is 0 Å². The van der Waals surface area contributed by atoms with E-state index in [2.05, 4.69) is 5.32 Å². The summed E-state index contributed by atoms with van der Waals surface area (Å²) in [7, 11) is 1.66. The first-order valence-electron chi connectivity index (χ1n) is 3.68. The minimum atomic E-state index is -0.432. The second-order valence-corrected chi connectivity index (χ2v) is 2.71. The van der Waals surface area contributed by atoms with Crippen molar-refractivity contribution >= 4 is 12.2 Å². The van der Waals surface area contributed by atoms with Crippen LogP contribution in [0.25, 0.3) is 0 Å². The highest BCUT2D eigenvalue weighted by Crippen LogP contribution is 2.04. The van der Waals surface area contributed by atoms with Crippen LogP contribution in [-0.4, -0.2) is 43.3 Å². The van der Waals surface area contributed by atoms with Gasteiger partial charge in [0.05, 0.1) is 0 Å². The molecular weight excluding hydrogens is 144 g/mol. The molecule has 0 aliphatic carbocycles. The highest BCUT2D eigenvalue weighted by Gasteiger charge is 2.22. The predicted molar refractivity (Wildman–Crippen MR) is 40.1 cm³/mol. The van der Waals surface area contributed by atoms with Crippen molar-refractivity contribution in [2.75, 3.05) is 20.1 Å². The fourth-order valence-corrected chi connectivity index (χ4v) is 1.23. The SMILES string of the molecule is CN(C(=O)C=O)C1CCNC1. The number of likely N-dealkylation sites (N-methyl/N-ethyl adjacent to an activating group) is 1. The van der Waals surface area contributed by atoms with Gasteiger partial charge >= 0.3 is 0 Å². The number of rotatable bonds is 2. The van der Waals surface area contributed by atoms with E-state index in [-0.39, 0.29) is 6.04 Å². The van der Waals surface area contributed by atoms with Gasteiger partial charge in [0.25, 0.3) is 5.91 Å². The number of nitrogens with zero attached hydrogens (tertiary/aromatic N) is 1. The molecule has 0 radical (unpaired) electrons. The normalized spacial score (nSPS) is 23.2. The molecule has 1 heterocycles. The van der Waals surface area contributed by atoms with E-state index < -0.39 is 5.91 Å². The second kappa shape index (κ2) is 3.48. The molecule has 0 aromatic heterocycles. The highest BCUT2D eigenvalue weighted by atomic mass is 16.2. The van der Waals surface area contributed by atoms with Crippen molar-refractivity contribution in [1.82, 2.24) is 10.2 Å². The van der Waals surface area contributed by atoms with Gasteiger partial charge in [0.1, 0.15) is 0 Å². The van der Waals surface area contributed by atoms with Crippen LogP contribution in [0.1, 0.15) is 6.42 Å². The average Bonchev–Trinajstić information content (AvgIpc) is 2.53. The van der Waals surface area contributed by atoms with Crippen molar-refractivity contribution in [3.8, 4) is 0 Å². The van der Waals surface area contributed by atoms with Crippen molar-refractivity contribution in [2.24, 2.45) is 0 Å². The van der Waals surface area contributed by atoms with Gasteiger partial charge in [-0.05, 0) is 13.0 Å². The third-order valence-corrected chi connectivity index (χ3v) is 2.03. The average molecular weight is 156 g/mol. The molecule has 1 aliphatic rings. The van der Waals surface area contributed by atoms with Gasteiger partial charge in [-0.2, -0.15) is 0 Å². The van der Waals surface area contributed by atoms with Crippen LogP contribution in [0.5, 0.6) is 0 Å². The van der Waals surface area contributed by atoms with Crippen LogP contribution < -0.4 is 5.32 Å². The predicted octanol–water partition coefficient (Wildman–Crippen LogP) is -0.994. The molecular formula is C7H12N2O2. The van der Waals surface area contributed by atoms with Crippen LogP contribution >= 0.6 is 0 Å². The van der Waals surface area contributed by atoms with Gasteiger partial charge in [0.15, 0.2) is 0 Å². The lowest BCUT2D eigenvalue weighted by atomic mass is 10.2. The Kier molecular flexibility index (Phi) is 2.59. The van der Waals surface area contributed by atoms with Crippen LogP contribution in [0, 0.1) is 0 Å². The molecule has 0 saturated carbocycles. The smallest absolute Gasteiger partial charge is 0.286 e. The fraction of sp³-hybridized carbons (Fsp3) is 0.714. The molecule has 1 atom stereocenters. The third kappa shape index (κ3) is 1.77. The molecule has 11 heavy (non-hydrogen) atoms. The van der Waals surface area contributed by atoms with Crippen molar-refractivity contribution in [3.05, 3.63) is 0 Å². The summed E-state index contributed by atoms with van der Waals surface area (Å²) in [6, 6.07) is 0.202. The molecule has 0 aromatic carbocycles. The monoisotopic (exact) mass is 156 g/mol. The Labute approximate surface area is 65.6 Å². The van der Waals surface area contributed by atoms with Crippen LogP contribution in [-0.2, 0) is 9.59 Å². The van der Waals surface area contributed by atoms with Gasteiger partial charge in [-0.1, -0.05) is 0 Å². The summed E-state index contributed by atoms with van der Waals surface area (Å²) in [6.45, 7) is 1.73.